The number of H-pyrrole nitrogens is 1. The molecule has 2 amide bonds. The standard InChI is InChI=1S/C29H32Cl2F5N5O4/c1-28(2,44-3)27(43)37-12-14-4-9-19(30)17(23(14)31)11-22-39-20-10-18(26(41-24(20)40-22)45-13-21(32)33)25(42)38-16-7-5-15(6-8-16)29(34,35)36/h4,9-10,15-16,21H,5-8,11-13H2,1-3H3,(H,37,43)(H,38,42)(H,39,40,41). The first-order chi connectivity index (χ1) is 21.1. The molecule has 1 saturated carbocycles. The largest absolute Gasteiger partial charge is 0.471 e. The van der Waals surface area contributed by atoms with Gasteiger partial charge in [0, 0.05) is 31.1 Å². The summed E-state index contributed by atoms with van der Waals surface area (Å²) in [5.74, 6) is -2.57. The fourth-order valence-electron chi connectivity index (χ4n) is 4.90. The number of methoxy groups -OCH3 is 1. The molecule has 0 spiro atoms. The van der Waals surface area contributed by atoms with E-state index in [1.54, 1.807) is 26.0 Å². The average molecular weight is 681 g/mol. The van der Waals surface area contributed by atoms with Gasteiger partial charge in [0.1, 0.15) is 17.0 Å². The summed E-state index contributed by atoms with van der Waals surface area (Å²) in [4.78, 5) is 37.2. The lowest BCUT2D eigenvalue weighted by Crippen LogP contribution is -2.43. The number of alkyl halides is 5. The van der Waals surface area contributed by atoms with Gasteiger partial charge in [0.05, 0.1) is 16.5 Å². The maximum absolute atomic E-state index is 13.2. The minimum atomic E-state index is -4.30. The summed E-state index contributed by atoms with van der Waals surface area (Å²) in [6.07, 6.45) is -7.11. The highest BCUT2D eigenvalue weighted by Gasteiger charge is 2.41. The van der Waals surface area contributed by atoms with Crippen molar-refractivity contribution < 1.29 is 41.0 Å². The van der Waals surface area contributed by atoms with Gasteiger partial charge in [-0.25, -0.2) is 13.8 Å². The third-order valence-corrected chi connectivity index (χ3v) is 8.53. The quantitative estimate of drug-likeness (QED) is 0.202. The lowest BCUT2D eigenvalue weighted by molar-refractivity contribution is -0.182. The molecule has 0 unspecified atom stereocenters. The first kappa shape index (κ1) is 34.6. The summed E-state index contributed by atoms with van der Waals surface area (Å²) in [5, 5.41) is 6.05. The SMILES string of the molecule is COC(C)(C)C(=O)NCc1ccc(Cl)c(Cc2nc3nc(OCC(F)F)c(C(=O)NC4CCC(C(F)(F)F)CC4)cc3[nH]2)c1Cl. The molecular formula is C29H32Cl2F5N5O4. The van der Waals surface area contributed by atoms with E-state index in [9.17, 15) is 31.5 Å². The third-order valence-electron chi connectivity index (χ3n) is 7.71. The van der Waals surface area contributed by atoms with Crippen molar-refractivity contribution in [2.24, 2.45) is 5.92 Å². The number of amides is 2. The fourth-order valence-corrected chi connectivity index (χ4v) is 5.47. The average Bonchev–Trinajstić information content (AvgIpc) is 3.38. The van der Waals surface area contributed by atoms with Crippen LogP contribution in [0.25, 0.3) is 11.2 Å². The molecule has 3 aromatic rings. The lowest BCUT2D eigenvalue weighted by Gasteiger charge is -2.30. The van der Waals surface area contributed by atoms with Crippen molar-refractivity contribution in [2.45, 2.75) is 76.7 Å². The topological polar surface area (TPSA) is 118 Å². The van der Waals surface area contributed by atoms with Crippen molar-refractivity contribution in [3.63, 3.8) is 0 Å². The van der Waals surface area contributed by atoms with Crippen molar-refractivity contribution in [1.82, 2.24) is 25.6 Å². The zero-order chi connectivity index (χ0) is 33.1. The molecule has 1 aromatic carbocycles. The van der Waals surface area contributed by atoms with Crippen LogP contribution in [0.3, 0.4) is 0 Å². The third kappa shape index (κ3) is 8.53. The van der Waals surface area contributed by atoms with Crippen LogP contribution in [0.2, 0.25) is 10.0 Å². The normalized spacial score (nSPS) is 17.5. The van der Waals surface area contributed by atoms with Gasteiger partial charge in [-0.3, -0.25) is 9.59 Å². The van der Waals surface area contributed by atoms with Crippen LogP contribution in [0, 0.1) is 5.92 Å². The van der Waals surface area contributed by atoms with Gasteiger partial charge in [0.25, 0.3) is 18.2 Å². The molecule has 45 heavy (non-hydrogen) atoms. The first-order valence-electron chi connectivity index (χ1n) is 14.1. The highest BCUT2D eigenvalue weighted by atomic mass is 35.5. The second kappa shape index (κ2) is 14.0. The van der Waals surface area contributed by atoms with Crippen LogP contribution in [0.1, 0.15) is 66.8 Å². The number of imidazole rings is 1. The first-order valence-corrected chi connectivity index (χ1v) is 14.8. The molecule has 0 bridgehead atoms. The number of hydrogen-bond acceptors (Lipinski definition) is 6. The van der Waals surface area contributed by atoms with Crippen LogP contribution in [0.15, 0.2) is 18.2 Å². The predicted octanol–water partition coefficient (Wildman–Crippen LogP) is 6.39. The van der Waals surface area contributed by atoms with E-state index in [2.05, 4.69) is 25.6 Å². The van der Waals surface area contributed by atoms with Crippen LogP contribution in [0.4, 0.5) is 22.0 Å². The number of hydrogen-bond donors (Lipinski definition) is 3. The van der Waals surface area contributed by atoms with Crippen LogP contribution < -0.4 is 15.4 Å². The van der Waals surface area contributed by atoms with Crippen LogP contribution in [-0.4, -0.2) is 64.7 Å². The molecule has 246 valence electrons. The number of halogens is 7. The number of ether oxygens (including phenoxy) is 2. The molecule has 2 aromatic heterocycles. The zero-order valence-corrected chi connectivity index (χ0v) is 26.1. The van der Waals surface area contributed by atoms with Gasteiger partial charge in [-0.1, -0.05) is 29.3 Å². The number of rotatable bonds is 11. The van der Waals surface area contributed by atoms with Crippen LogP contribution >= 0.6 is 23.2 Å². The lowest BCUT2D eigenvalue weighted by atomic mass is 9.85. The van der Waals surface area contributed by atoms with Gasteiger partial charge >= 0.3 is 6.18 Å². The number of benzene rings is 1. The Bertz CT molecular complexity index is 1540. The summed E-state index contributed by atoms with van der Waals surface area (Å²) in [5.41, 5.74) is 0.174. The Morgan fingerprint density at radius 3 is 2.42 bits per heavy atom. The molecule has 0 atom stereocenters. The maximum Gasteiger partial charge on any atom is 0.391 e. The van der Waals surface area contributed by atoms with E-state index in [0.717, 1.165) is 0 Å². The molecule has 0 saturated heterocycles. The number of aromatic nitrogens is 3. The minimum Gasteiger partial charge on any atom is -0.471 e. The number of carbonyl (C=O) groups is 2. The highest BCUT2D eigenvalue weighted by molar-refractivity contribution is 6.36. The van der Waals surface area contributed by atoms with Crippen LogP contribution in [0.5, 0.6) is 5.88 Å². The monoisotopic (exact) mass is 679 g/mol. The van der Waals surface area contributed by atoms with E-state index in [4.69, 9.17) is 32.7 Å². The number of carbonyl (C=O) groups excluding carboxylic acids is 2. The highest BCUT2D eigenvalue weighted by Crippen LogP contribution is 2.38. The zero-order valence-electron chi connectivity index (χ0n) is 24.6. The van der Waals surface area contributed by atoms with Gasteiger partial charge in [-0.2, -0.15) is 18.2 Å². The van der Waals surface area contributed by atoms with E-state index < -0.39 is 48.6 Å². The van der Waals surface area contributed by atoms with Crippen molar-refractivity contribution in [3.8, 4) is 5.88 Å². The smallest absolute Gasteiger partial charge is 0.391 e. The van der Waals surface area contributed by atoms with Gasteiger partial charge in [-0.15, -0.1) is 0 Å². The van der Waals surface area contributed by atoms with Gasteiger partial charge in [-0.05, 0) is 62.8 Å². The number of fused-ring (bicyclic) bond motifs is 1. The molecular weight excluding hydrogens is 648 g/mol. The molecule has 1 aliphatic carbocycles. The Balaban J connectivity index is 1.56. The fraction of sp³-hybridized carbons (Fsp3) is 0.517. The second-order valence-electron chi connectivity index (χ2n) is 11.2. The molecule has 0 radical (unpaired) electrons. The van der Waals surface area contributed by atoms with Gasteiger partial charge < -0.3 is 25.1 Å². The number of aromatic amines is 1. The second-order valence-corrected chi connectivity index (χ2v) is 12.0. The molecule has 3 N–H and O–H groups in total. The molecule has 9 nitrogen and oxygen atoms in total. The van der Waals surface area contributed by atoms with Crippen molar-refractivity contribution in [1.29, 1.82) is 0 Å². The molecule has 2 heterocycles. The molecule has 1 fully saturated rings. The van der Waals surface area contributed by atoms with E-state index in [0.29, 0.717) is 22.0 Å². The Morgan fingerprint density at radius 1 is 1.11 bits per heavy atom. The summed E-state index contributed by atoms with van der Waals surface area (Å²) >= 11 is 13.1. The molecule has 0 aliphatic heterocycles. The predicted molar refractivity (Wildman–Crippen MR) is 157 cm³/mol. The number of pyridine rings is 1. The number of nitrogens with zero attached hydrogens (tertiary/aromatic N) is 2. The Kier molecular flexibility index (Phi) is 10.8. The number of nitrogens with one attached hydrogen (secondary N) is 3. The van der Waals surface area contributed by atoms with Gasteiger partial charge in [0.15, 0.2) is 12.3 Å². The molecule has 16 heteroatoms. The summed E-state index contributed by atoms with van der Waals surface area (Å²) in [6, 6.07) is 4.09. The molecule has 4 rings (SSSR count). The Hall–Kier alpha value is -3.23. The van der Waals surface area contributed by atoms with Crippen molar-refractivity contribution >= 4 is 46.2 Å². The van der Waals surface area contributed by atoms with E-state index >= 15 is 0 Å². The van der Waals surface area contributed by atoms with Gasteiger partial charge in [0.2, 0.25) is 5.88 Å². The van der Waals surface area contributed by atoms with Crippen molar-refractivity contribution in [2.75, 3.05) is 13.7 Å². The summed E-state index contributed by atoms with van der Waals surface area (Å²) < 4.78 is 75.4. The van der Waals surface area contributed by atoms with E-state index in [-0.39, 0.29) is 66.3 Å². The van der Waals surface area contributed by atoms with E-state index in [1.807, 2.05) is 0 Å². The molecule has 1 aliphatic rings. The summed E-state index contributed by atoms with van der Waals surface area (Å²) in [7, 11) is 1.42. The van der Waals surface area contributed by atoms with E-state index in [1.165, 1.54) is 13.2 Å². The Labute approximate surface area is 265 Å². The minimum absolute atomic E-state index is 0.0639. The Morgan fingerprint density at radius 2 is 1.80 bits per heavy atom. The van der Waals surface area contributed by atoms with Crippen LogP contribution in [-0.2, 0) is 22.5 Å². The van der Waals surface area contributed by atoms with Crippen molar-refractivity contribution in [3.05, 3.63) is 50.8 Å². The summed E-state index contributed by atoms with van der Waals surface area (Å²) in [6.45, 7) is 2.29. The maximum atomic E-state index is 13.2.